The molecule has 0 aromatic heterocycles. The molecular weight excluding hydrogens is 388 g/mol. The van der Waals surface area contributed by atoms with Crippen LogP contribution in [0.2, 0.25) is 0 Å². The number of hydrogen-bond acceptors (Lipinski definition) is 3. The van der Waals surface area contributed by atoms with Gasteiger partial charge in [0, 0.05) is 12.6 Å². The summed E-state index contributed by atoms with van der Waals surface area (Å²) in [6, 6.07) is 17.2. The van der Waals surface area contributed by atoms with E-state index >= 15 is 0 Å². The Morgan fingerprint density at radius 2 is 1.65 bits per heavy atom. The summed E-state index contributed by atoms with van der Waals surface area (Å²) >= 11 is 0. The first-order valence-corrected chi connectivity index (χ1v) is 11.3. The highest BCUT2D eigenvalue weighted by molar-refractivity contribution is 5.88. The average molecular weight is 423 g/mol. The Morgan fingerprint density at radius 1 is 1.00 bits per heavy atom. The van der Waals surface area contributed by atoms with Crippen LogP contribution in [-0.2, 0) is 16.1 Å². The minimum Gasteiger partial charge on any atom is -0.484 e. The molecule has 0 radical (unpaired) electrons. The second kappa shape index (κ2) is 11.0. The van der Waals surface area contributed by atoms with E-state index in [4.69, 9.17) is 4.74 Å². The van der Waals surface area contributed by atoms with Gasteiger partial charge in [-0.25, -0.2) is 0 Å². The largest absolute Gasteiger partial charge is 0.484 e. The van der Waals surface area contributed by atoms with E-state index in [2.05, 4.69) is 19.2 Å². The maximum Gasteiger partial charge on any atom is 0.261 e. The molecule has 5 nitrogen and oxygen atoms in total. The maximum absolute atomic E-state index is 13.1. The summed E-state index contributed by atoms with van der Waals surface area (Å²) in [5, 5.41) is 3.12. The Balaban J connectivity index is 1.66. The van der Waals surface area contributed by atoms with Gasteiger partial charge in [0.2, 0.25) is 5.91 Å². The molecule has 2 aromatic rings. The molecule has 0 aliphatic heterocycles. The first-order chi connectivity index (χ1) is 14.9. The molecule has 2 amide bonds. The van der Waals surface area contributed by atoms with Gasteiger partial charge in [0.1, 0.15) is 11.8 Å². The second-order valence-corrected chi connectivity index (χ2v) is 8.69. The zero-order valence-corrected chi connectivity index (χ0v) is 18.8. The van der Waals surface area contributed by atoms with Crippen molar-refractivity contribution in [2.45, 2.75) is 71.0 Å². The zero-order chi connectivity index (χ0) is 22.2. The minimum absolute atomic E-state index is 0.0996. The Morgan fingerprint density at radius 3 is 2.26 bits per heavy atom. The summed E-state index contributed by atoms with van der Waals surface area (Å²) in [7, 11) is 0. The van der Waals surface area contributed by atoms with E-state index in [0.29, 0.717) is 18.2 Å². The van der Waals surface area contributed by atoms with E-state index in [0.717, 1.165) is 31.2 Å². The lowest BCUT2D eigenvalue weighted by Crippen LogP contribution is -2.50. The maximum atomic E-state index is 13.1. The molecule has 0 spiro atoms. The lowest BCUT2D eigenvalue weighted by Gasteiger charge is -2.29. The molecule has 1 unspecified atom stereocenters. The third kappa shape index (κ3) is 6.58. The van der Waals surface area contributed by atoms with Crippen molar-refractivity contribution in [2.24, 2.45) is 0 Å². The minimum atomic E-state index is -0.569. The van der Waals surface area contributed by atoms with Gasteiger partial charge in [-0.15, -0.1) is 0 Å². The van der Waals surface area contributed by atoms with Gasteiger partial charge in [-0.05, 0) is 48.9 Å². The predicted octanol–water partition coefficient (Wildman–Crippen LogP) is 4.66. The second-order valence-electron chi connectivity index (χ2n) is 8.69. The van der Waals surface area contributed by atoms with Crippen LogP contribution in [0.5, 0.6) is 5.75 Å². The fourth-order valence-corrected chi connectivity index (χ4v) is 3.93. The molecule has 1 atom stereocenters. The van der Waals surface area contributed by atoms with Crippen LogP contribution >= 0.6 is 0 Å². The van der Waals surface area contributed by atoms with Crippen LogP contribution in [0.1, 0.15) is 63.5 Å². The monoisotopic (exact) mass is 422 g/mol. The van der Waals surface area contributed by atoms with E-state index in [1.165, 1.54) is 5.56 Å². The summed E-state index contributed by atoms with van der Waals surface area (Å²) < 4.78 is 5.76. The van der Waals surface area contributed by atoms with Crippen LogP contribution in [0.4, 0.5) is 0 Å². The number of nitrogens with zero attached hydrogens (tertiary/aromatic N) is 1. The van der Waals surface area contributed by atoms with Crippen molar-refractivity contribution in [3.8, 4) is 5.75 Å². The zero-order valence-electron chi connectivity index (χ0n) is 18.8. The molecule has 1 fully saturated rings. The number of carbonyl (C=O) groups is 2. The molecular formula is C26H34N2O3. The Labute approximate surface area is 185 Å². The summed E-state index contributed by atoms with van der Waals surface area (Å²) in [4.78, 5) is 27.6. The number of carbonyl (C=O) groups excluding carboxylic acids is 2. The lowest BCUT2D eigenvalue weighted by molar-refractivity contribution is -0.142. The van der Waals surface area contributed by atoms with Gasteiger partial charge in [0.05, 0.1) is 0 Å². The molecule has 1 aliphatic rings. The number of amides is 2. The predicted molar refractivity (Wildman–Crippen MR) is 123 cm³/mol. The van der Waals surface area contributed by atoms with Crippen molar-refractivity contribution in [2.75, 3.05) is 6.61 Å². The van der Waals surface area contributed by atoms with Crippen molar-refractivity contribution in [3.63, 3.8) is 0 Å². The SMILES string of the molecule is CC(C)c1ccc(OCC(=O)N(Cc2ccccc2)C(C)C(=O)NC2CCCC2)cc1. The van der Waals surface area contributed by atoms with Gasteiger partial charge in [-0.1, -0.05) is 69.2 Å². The van der Waals surface area contributed by atoms with Crippen LogP contribution in [0, 0.1) is 0 Å². The van der Waals surface area contributed by atoms with Crippen molar-refractivity contribution >= 4 is 11.8 Å². The van der Waals surface area contributed by atoms with E-state index in [-0.39, 0.29) is 24.5 Å². The number of benzene rings is 2. The number of ether oxygens (including phenoxy) is 1. The Bertz CT molecular complexity index is 843. The highest BCUT2D eigenvalue weighted by Gasteiger charge is 2.28. The molecule has 3 rings (SSSR count). The van der Waals surface area contributed by atoms with Crippen LogP contribution in [0.3, 0.4) is 0 Å². The smallest absolute Gasteiger partial charge is 0.261 e. The van der Waals surface area contributed by atoms with Crippen LogP contribution in [0.25, 0.3) is 0 Å². The molecule has 166 valence electrons. The van der Waals surface area contributed by atoms with Gasteiger partial charge < -0.3 is 15.0 Å². The van der Waals surface area contributed by atoms with Crippen LogP contribution in [0.15, 0.2) is 54.6 Å². The molecule has 1 N–H and O–H groups in total. The summed E-state index contributed by atoms with van der Waals surface area (Å²) in [6.07, 6.45) is 4.33. The van der Waals surface area contributed by atoms with Crippen molar-refractivity contribution in [1.29, 1.82) is 0 Å². The summed E-state index contributed by atoms with van der Waals surface area (Å²) in [5.74, 6) is 0.792. The van der Waals surface area contributed by atoms with E-state index in [1.807, 2.05) is 54.6 Å². The van der Waals surface area contributed by atoms with Crippen molar-refractivity contribution < 1.29 is 14.3 Å². The molecule has 1 aliphatic carbocycles. The average Bonchev–Trinajstić information content (AvgIpc) is 3.29. The van der Waals surface area contributed by atoms with Gasteiger partial charge in [0.15, 0.2) is 6.61 Å². The molecule has 2 aromatic carbocycles. The van der Waals surface area contributed by atoms with E-state index < -0.39 is 6.04 Å². The third-order valence-corrected chi connectivity index (χ3v) is 5.97. The first-order valence-electron chi connectivity index (χ1n) is 11.3. The topological polar surface area (TPSA) is 58.6 Å². The highest BCUT2D eigenvalue weighted by Crippen LogP contribution is 2.20. The van der Waals surface area contributed by atoms with Gasteiger partial charge in [0.25, 0.3) is 5.91 Å². The Kier molecular flexibility index (Phi) is 8.10. The standard InChI is InChI=1S/C26H34N2O3/c1-19(2)22-13-15-24(16-14-22)31-18-25(29)28(17-21-9-5-4-6-10-21)20(3)26(30)27-23-11-7-8-12-23/h4-6,9-10,13-16,19-20,23H,7-8,11-12,17-18H2,1-3H3,(H,27,30). The molecule has 0 saturated heterocycles. The fourth-order valence-electron chi connectivity index (χ4n) is 3.93. The Hall–Kier alpha value is -2.82. The van der Waals surface area contributed by atoms with Crippen molar-refractivity contribution in [3.05, 3.63) is 65.7 Å². The fraction of sp³-hybridized carbons (Fsp3) is 0.462. The molecule has 0 heterocycles. The molecule has 5 heteroatoms. The lowest BCUT2D eigenvalue weighted by atomic mass is 10.0. The van der Waals surface area contributed by atoms with Crippen LogP contribution in [-0.4, -0.2) is 35.4 Å². The third-order valence-electron chi connectivity index (χ3n) is 5.97. The number of rotatable bonds is 9. The molecule has 31 heavy (non-hydrogen) atoms. The quantitative estimate of drug-likeness (QED) is 0.639. The number of hydrogen-bond donors (Lipinski definition) is 1. The van der Waals surface area contributed by atoms with Gasteiger partial charge in [-0.3, -0.25) is 9.59 Å². The van der Waals surface area contributed by atoms with Gasteiger partial charge >= 0.3 is 0 Å². The first kappa shape index (κ1) is 22.9. The van der Waals surface area contributed by atoms with E-state index in [9.17, 15) is 9.59 Å². The van der Waals surface area contributed by atoms with Crippen LogP contribution < -0.4 is 10.1 Å². The highest BCUT2D eigenvalue weighted by atomic mass is 16.5. The molecule has 0 bridgehead atoms. The molecule has 1 saturated carbocycles. The number of nitrogens with one attached hydrogen (secondary N) is 1. The summed E-state index contributed by atoms with van der Waals surface area (Å²) in [5.41, 5.74) is 2.21. The van der Waals surface area contributed by atoms with Gasteiger partial charge in [-0.2, -0.15) is 0 Å². The summed E-state index contributed by atoms with van der Waals surface area (Å²) in [6.45, 7) is 6.34. The normalized spacial score (nSPS) is 15.0. The van der Waals surface area contributed by atoms with Crippen molar-refractivity contribution in [1.82, 2.24) is 10.2 Å². The van der Waals surface area contributed by atoms with E-state index in [1.54, 1.807) is 11.8 Å².